The van der Waals surface area contributed by atoms with Gasteiger partial charge in [0, 0.05) is 35.7 Å². The predicted molar refractivity (Wildman–Crippen MR) is 137 cm³/mol. The number of amides is 2. The smallest absolute Gasteiger partial charge is 0.247 e. The fourth-order valence-electron chi connectivity index (χ4n) is 5.96. The highest BCUT2D eigenvalue weighted by Gasteiger charge is 2.52. The largest absolute Gasteiger partial charge is 0.493 e. The SMILES string of the molecule is COc1cc(C=O)cc2c1O[C@@H]1[C@@H](O)[C@H](N(C(=O)CC(C)C)C3CCCCC3)C=C(C(=O)NCCO)[C@H]21. The lowest BCUT2D eigenvalue weighted by molar-refractivity contribution is -0.142. The molecule has 1 heterocycles. The molecule has 0 unspecified atom stereocenters. The topological polar surface area (TPSA) is 125 Å². The number of aldehydes is 1. The first kappa shape index (κ1) is 27.1. The molecule has 1 saturated carbocycles. The van der Waals surface area contributed by atoms with Crippen molar-refractivity contribution >= 4 is 18.1 Å². The van der Waals surface area contributed by atoms with Crippen LogP contribution in [0.15, 0.2) is 23.8 Å². The minimum Gasteiger partial charge on any atom is -0.493 e. The molecule has 0 saturated heterocycles. The van der Waals surface area contributed by atoms with Crippen LogP contribution in [-0.2, 0) is 9.59 Å². The minimum absolute atomic E-state index is 0.0332. The monoisotopic (exact) mass is 514 g/mol. The molecule has 2 amide bonds. The van der Waals surface area contributed by atoms with Gasteiger partial charge in [-0.05, 0) is 37.0 Å². The lowest BCUT2D eigenvalue weighted by Gasteiger charge is -2.45. The van der Waals surface area contributed by atoms with Crippen LogP contribution in [0.4, 0.5) is 0 Å². The molecule has 1 fully saturated rings. The molecule has 0 aromatic heterocycles. The number of carbonyl (C=O) groups excluding carboxylic acids is 3. The van der Waals surface area contributed by atoms with Crippen LogP contribution >= 0.6 is 0 Å². The summed E-state index contributed by atoms with van der Waals surface area (Å²) in [5.41, 5.74) is 1.28. The van der Waals surface area contributed by atoms with Crippen LogP contribution in [0, 0.1) is 5.92 Å². The highest BCUT2D eigenvalue weighted by Crippen LogP contribution is 2.51. The van der Waals surface area contributed by atoms with Crippen molar-refractivity contribution in [1.29, 1.82) is 0 Å². The summed E-state index contributed by atoms with van der Waals surface area (Å²) < 4.78 is 11.7. The summed E-state index contributed by atoms with van der Waals surface area (Å²) in [5.74, 6) is -0.266. The number of hydrogen-bond donors (Lipinski definition) is 3. The number of hydrogen-bond acceptors (Lipinski definition) is 7. The van der Waals surface area contributed by atoms with Gasteiger partial charge < -0.3 is 29.9 Å². The third-order valence-corrected chi connectivity index (χ3v) is 7.57. The number of aliphatic hydroxyl groups is 2. The van der Waals surface area contributed by atoms with Crippen LogP contribution in [0.25, 0.3) is 0 Å². The average Bonchev–Trinajstić information content (AvgIpc) is 3.28. The Hall–Kier alpha value is -2.91. The Bertz CT molecular complexity index is 1050. The normalized spacial score (nSPS) is 25.0. The second-order valence-corrected chi connectivity index (χ2v) is 10.6. The molecule has 3 aliphatic rings. The van der Waals surface area contributed by atoms with E-state index in [0.717, 1.165) is 32.1 Å². The van der Waals surface area contributed by atoms with E-state index in [-0.39, 0.29) is 31.0 Å². The molecule has 0 bridgehead atoms. The molecule has 37 heavy (non-hydrogen) atoms. The summed E-state index contributed by atoms with van der Waals surface area (Å²) in [6.45, 7) is 3.81. The number of methoxy groups -OCH3 is 1. The molecule has 1 aromatic carbocycles. The molecule has 0 radical (unpaired) electrons. The van der Waals surface area contributed by atoms with Gasteiger partial charge in [0.15, 0.2) is 11.5 Å². The van der Waals surface area contributed by atoms with Crippen molar-refractivity contribution in [3.05, 3.63) is 34.9 Å². The van der Waals surface area contributed by atoms with E-state index in [0.29, 0.717) is 40.9 Å². The van der Waals surface area contributed by atoms with Crippen molar-refractivity contribution in [2.75, 3.05) is 20.3 Å². The maximum atomic E-state index is 13.6. The van der Waals surface area contributed by atoms with Crippen molar-refractivity contribution in [3.8, 4) is 11.5 Å². The van der Waals surface area contributed by atoms with Crippen molar-refractivity contribution in [2.45, 2.75) is 82.6 Å². The van der Waals surface area contributed by atoms with Gasteiger partial charge in [-0.2, -0.15) is 0 Å². The summed E-state index contributed by atoms with van der Waals surface area (Å²) in [7, 11) is 1.47. The summed E-state index contributed by atoms with van der Waals surface area (Å²) in [5, 5.41) is 23.7. The number of rotatable bonds is 9. The lowest BCUT2D eigenvalue weighted by atomic mass is 9.76. The van der Waals surface area contributed by atoms with Crippen molar-refractivity contribution < 1.29 is 34.1 Å². The number of nitrogens with one attached hydrogen (secondary N) is 1. The zero-order valence-electron chi connectivity index (χ0n) is 21.8. The fourth-order valence-corrected chi connectivity index (χ4v) is 5.96. The quantitative estimate of drug-likeness (QED) is 0.432. The molecule has 3 N–H and O–H groups in total. The molecule has 1 aliphatic heterocycles. The van der Waals surface area contributed by atoms with E-state index in [9.17, 15) is 24.6 Å². The van der Waals surface area contributed by atoms with Crippen LogP contribution in [-0.4, -0.2) is 77.8 Å². The highest BCUT2D eigenvalue weighted by atomic mass is 16.5. The summed E-state index contributed by atoms with van der Waals surface area (Å²) in [6.07, 6.45) is 5.60. The van der Waals surface area contributed by atoms with Crippen LogP contribution in [0.1, 0.15) is 74.2 Å². The second kappa shape index (κ2) is 11.6. The number of aliphatic hydroxyl groups excluding tert-OH is 2. The Labute approximate surface area is 217 Å². The van der Waals surface area contributed by atoms with E-state index in [2.05, 4.69) is 5.32 Å². The first-order valence-electron chi connectivity index (χ1n) is 13.2. The van der Waals surface area contributed by atoms with Crippen molar-refractivity contribution in [1.82, 2.24) is 10.2 Å². The zero-order chi connectivity index (χ0) is 26.7. The fraction of sp³-hybridized carbons (Fsp3) is 0.607. The first-order chi connectivity index (χ1) is 17.8. The second-order valence-electron chi connectivity index (χ2n) is 10.6. The maximum Gasteiger partial charge on any atom is 0.247 e. The average molecular weight is 515 g/mol. The number of carbonyl (C=O) groups is 3. The van der Waals surface area contributed by atoms with Crippen LogP contribution in [0.2, 0.25) is 0 Å². The van der Waals surface area contributed by atoms with E-state index in [1.54, 1.807) is 23.1 Å². The Morgan fingerprint density at radius 1 is 1.24 bits per heavy atom. The van der Waals surface area contributed by atoms with Gasteiger partial charge in [0.2, 0.25) is 11.8 Å². The molecule has 0 spiro atoms. The van der Waals surface area contributed by atoms with E-state index in [1.165, 1.54) is 7.11 Å². The zero-order valence-corrected chi connectivity index (χ0v) is 21.8. The van der Waals surface area contributed by atoms with Crippen molar-refractivity contribution in [3.63, 3.8) is 0 Å². The molecule has 2 aliphatic carbocycles. The van der Waals surface area contributed by atoms with Gasteiger partial charge in [0.25, 0.3) is 0 Å². The summed E-state index contributed by atoms with van der Waals surface area (Å²) in [4.78, 5) is 40.4. The maximum absolute atomic E-state index is 13.6. The van der Waals surface area contributed by atoms with Gasteiger partial charge in [-0.15, -0.1) is 0 Å². The number of benzene rings is 1. The molecular weight excluding hydrogens is 476 g/mol. The van der Waals surface area contributed by atoms with Gasteiger partial charge in [-0.3, -0.25) is 14.4 Å². The molecular formula is C28H38N2O7. The standard InChI is InChI=1S/C28H38N2O7/c1-16(2)11-23(33)30(18-7-5-4-6-8-18)21-14-20(28(35)29-9-10-31)24-19-12-17(15-32)13-22(36-3)26(19)37-27(24)25(21)34/h12-16,18,21,24-25,27,31,34H,4-11H2,1-3H3,(H,29,35)/t21-,24+,25+,27+/m1/s1. The van der Waals surface area contributed by atoms with Gasteiger partial charge in [0.05, 0.1) is 25.7 Å². The Morgan fingerprint density at radius 3 is 2.59 bits per heavy atom. The van der Waals surface area contributed by atoms with Gasteiger partial charge in [-0.1, -0.05) is 33.1 Å². The number of ether oxygens (including phenoxy) is 2. The molecule has 202 valence electrons. The van der Waals surface area contributed by atoms with Crippen LogP contribution in [0.3, 0.4) is 0 Å². The molecule has 1 aromatic rings. The Balaban J connectivity index is 1.82. The van der Waals surface area contributed by atoms with E-state index in [4.69, 9.17) is 9.47 Å². The third-order valence-electron chi connectivity index (χ3n) is 7.57. The van der Waals surface area contributed by atoms with Crippen LogP contribution < -0.4 is 14.8 Å². The number of fused-ring (bicyclic) bond motifs is 3. The van der Waals surface area contributed by atoms with Gasteiger partial charge in [-0.25, -0.2) is 0 Å². The lowest BCUT2D eigenvalue weighted by Crippen LogP contribution is -2.58. The van der Waals surface area contributed by atoms with E-state index >= 15 is 0 Å². The Kier molecular flexibility index (Phi) is 8.54. The highest BCUT2D eigenvalue weighted by molar-refractivity contribution is 5.96. The first-order valence-corrected chi connectivity index (χ1v) is 13.2. The van der Waals surface area contributed by atoms with E-state index < -0.39 is 30.1 Å². The predicted octanol–water partition coefficient (Wildman–Crippen LogP) is 2.34. The van der Waals surface area contributed by atoms with Gasteiger partial charge >= 0.3 is 0 Å². The summed E-state index contributed by atoms with van der Waals surface area (Å²) >= 11 is 0. The molecule has 9 nitrogen and oxygen atoms in total. The molecule has 9 heteroatoms. The van der Waals surface area contributed by atoms with Gasteiger partial charge in [0.1, 0.15) is 18.5 Å². The third kappa shape index (κ3) is 5.38. The Morgan fingerprint density at radius 2 is 1.97 bits per heavy atom. The van der Waals surface area contributed by atoms with Crippen LogP contribution in [0.5, 0.6) is 11.5 Å². The summed E-state index contributed by atoms with van der Waals surface area (Å²) in [6, 6.07) is 2.42. The number of nitrogens with zero attached hydrogens (tertiary/aromatic N) is 1. The van der Waals surface area contributed by atoms with Crippen molar-refractivity contribution in [2.24, 2.45) is 5.92 Å². The molecule has 4 atom stereocenters. The molecule has 4 rings (SSSR count). The minimum atomic E-state index is -1.10. The van der Waals surface area contributed by atoms with E-state index in [1.807, 2.05) is 13.8 Å².